The van der Waals surface area contributed by atoms with Gasteiger partial charge in [-0.3, -0.25) is 0 Å². The van der Waals surface area contributed by atoms with Crippen LogP contribution in [0.25, 0.3) is 17.5 Å². The van der Waals surface area contributed by atoms with Crippen LogP contribution in [0.2, 0.25) is 0 Å². The molecule has 0 bridgehead atoms. The third-order valence-electron chi connectivity index (χ3n) is 5.26. The molecule has 0 amide bonds. The van der Waals surface area contributed by atoms with E-state index in [2.05, 4.69) is 15.1 Å². The van der Waals surface area contributed by atoms with Gasteiger partial charge in [0, 0.05) is 43.4 Å². The number of ether oxygens (including phenoxy) is 3. The Hall–Kier alpha value is -3.44. The Bertz CT molecular complexity index is 1160. The van der Waals surface area contributed by atoms with Crippen LogP contribution in [-0.4, -0.2) is 66.4 Å². The quantitative estimate of drug-likeness (QED) is 0.355. The predicted molar refractivity (Wildman–Crippen MR) is 127 cm³/mol. The molecule has 1 aliphatic heterocycles. The molecule has 2 aromatic heterocycles. The van der Waals surface area contributed by atoms with Gasteiger partial charge in [0.2, 0.25) is 0 Å². The average Bonchev–Trinajstić information content (AvgIpc) is 3.50. The average molecular weight is 487 g/mol. The molecule has 180 valence electrons. The van der Waals surface area contributed by atoms with E-state index in [9.17, 15) is 9.90 Å². The molecule has 1 aromatic carbocycles. The predicted octanol–water partition coefficient (Wildman–Crippen LogP) is 3.63. The number of methoxy groups -OCH3 is 2. The normalized spacial score (nSPS) is 14.3. The highest BCUT2D eigenvalue weighted by molar-refractivity contribution is 8.04. The summed E-state index contributed by atoms with van der Waals surface area (Å²) in [5.74, 6) is 1.88. The van der Waals surface area contributed by atoms with Crippen molar-refractivity contribution in [2.75, 3.05) is 45.4 Å². The van der Waals surface area contributed by atoms with Crippen molar-refractivity contribution in [2.24, 2.45) is 0 Å². The van der Waals surface area contributed by atoms with Crippen molar-refractivity contribution in [3.05, 3.63) is 41.0 Å². The fourth-order valence-electron chi connectivity index (χ4n) is 3.54. The number of nitrogens with zero attached hydrogens (tertiary/aromatic N) is 4. The largest absolute Gasteiger partial charge is 0.497 e. The number of aliphatic carboxylic acids is 1. The number of hydrogen-bond donors (Lipinski definition) is 1. The third kappa shape index (κ3) is 5.20. The molecule has 0 spiro atoms. The lowest BCUT2D eigenvalue weighted by atomic mass is 10.2. The molecular formula is C23H26N4O6S. The molecule has 0 atom stereocenters. The molecular weight excluding hydrogens is 460 g/mol. The van der Waals surface area contributed by atoms with Crippen molar-refractivity contribution in [3.63, 3.8) is 0 Å². The van der Waals surface area contributed by atoms with Crippen LogP contribution >= 0.6 is 11.8 Å². The molecule has 11 heteroatoms. The zero-order chi connectivity index (χ0) is 24.1. The Balaban J connectivity index is 1.61. The van der Waals surface area contributed by atoms with Crippen molar-refractivity contribution in [3.8, 4) is 22.9 Å². The second-order valence-electron chi connectivity index (χ2n) is 7.34. The first-order valence-electron chi connectivity index (χ1n) is 10.7. The summed E-state index contributed by atoms with van der Waals surface area (Å²) in [6, 6.07) is 9.02. The molecule has 1 N–H and O–H groups in total. The number of aromatic nitrogens is 3. The van der Waals surface area contributed by atoms with Gasteiger partial charge in [-0.2, -0.15) is 0 Å². The smallest absolute Gasteiger partial charge is 0.342 e. The van der Waals surface area contributed by atoms with Crippen molar-refractivity contribution in [2.45, 2.75) is 18.6 Å². The SMILES string of the molecule is CCn1c(S/C(=C\c2ccc(N3CCOCC3)o2)C(=O)O)nnc1-c1cc(OC)cc(OC)c1. The molecule has 3 aromatic rings. The van der Waals surface area contributed by atoms with E-state index in [0.29, 0.717) is 53.9 Å². The van der Waals surface area contributed by atoms with E-state index in [1.165, 1.54) is 6.08 Å². The van der Waals surface area contributed by atoms with Gasteiger partial charge in [-0.1, -0.05) is 0 Å². The highest BCUT2D eigenvalue weighted by Gasteiger charge is 2.20. The monoisotopic (exact) mass is 486 g/mol. The lowest BCUT2D eigenvalue weighted by molar-refractivity contribution is -0.131. The van der Waals surface area contributed by atoms with Crippen LogP contribution in [0.1, 0.15) is 12.7 Å². The molecule has 1 aliphatic rings. The number of furan rings is 1. The molecule has 10 nitrogen and oxygen atoms in total. The Labute approximate surface area is 201 Å². The van der Waals surface area contributed by atoms with Crippen LogP contribution < -0.4 is 14.4 Å². The summed E-state index contributed by atoms with van der Waals surface area (Å²) in [6.45, 7) is 5.22. The first-order chi connectivity index (χ1) is 16.5. The van der Waals surface area contributed by atoms with Gasteiger partial charge in [0.05, 0.1) is 27.4 Å². The highest BCUT2D eigenvalue weighted by Crippen LogP contribution is 2.34. The number of morpholine rings is 1. The number of rotatable bonds is 9. The molecule has 1 saturated heterocycles. The molecule has 4 rings (SSSR count). The van der Waals surface area contributed by atoms with Crippen LogP contribution in [0.3, 0.4) is 0 Å². The zero-order valence-electron chi connectivity index (χ0n) is 19.2. The van der Waals surface area contributed by atoms with E-state index in [-0.39, 0.29) is 4.91 Å². The summed E-state index contributed by atoms with van der Waals surface area (Å²) in [5, 5.41) is 18.8. The summed E-state index contributed by atoms with van der Waals surface area (Å²) in [7, 11) is 3.15. The number of thioether (sulfide) groups is 1. The van der Waals surface area contributed by atoms with Crippen LogP contribution in [0.15, 0.2) is 44.8 Å². The van der Waals surface area contributed by atoms with Crippen molar-refractivity contribution < 1.29 is 28.5 Å². The number of anilines is 1. The summed E-state index contributed by atoms with van der Waals surface area (Å²) in [5.41, 5.74) is 0.749. The second kappa shape index (κ2) is 10.7. The maximum Gasteiger partial charge on any atom is 0.342 e. The maximum atomic E-state index is 12.0. The number of carboxylic acid groups (broad SMARTS) is 1. The lowest BCUT2D eigenvalue weighted by Gasteiger charge is -2.26. The van der Waals surface area contributed by atoms with Gasteiger partial charge in [-0.15, -0.1) is 10.2 Å². The van der Waals surface area contributed by atoms with Gasteiger partial charge >= 0.3 is 5.97 Å². The number of hydrogen-bond acceptors (Lipinski definition) is 9. The van der Waals surface area contributed by atoms with Gasteiger partial charge < -0.3 is 33.2 Å². The van der Waals surface area contributed by atoms with E-state index in [1.807, 2.05) is 29.7 Å². The summed E-state index contributed by atoms with van der Waals surface area (Å²) < 4.78 is 23.8. The maximum absolute atomic E-state index is 12.0. The minimum Gasteiger partial charge on any atom is -0.497 e. The van der Waals surface area contributed by atoms with E-state index in [4.69, 9.17) is 18.6 Å². The first kappa shape index (κ1) is 23.7. The van der Waals surface area contributed by atoms with Gasteiger partial charge in [-0.25, -0.2) is 4.79 Å². The molecule has 0 aliphatic carbocycles. The van der Waals surface area contributed by atoms with E-state index >= 15 is 0 Å². The van der Waals surface area contributed by atoms with E-state index in [0.717, 1.165) is 30.4 Å². The fraction of sp³-hybridized carbons (Fsp3) is 0.348. The summed E-state index contributed by atoms with van der Waals surface area (Å²) >= 11 is 1.02. The number of carboxylic acids is 1. The molecule has 0 unspecified atom stereocenters. The van der Waals surface area contributed by atoms with Gasteiger partial charge in [0.25, 0.3) is 0 Å². The third-order valence-corrected chi connectivity index (χ3v) is 6.26. The Morgan fingerprint density at radius 2 is 1.85 bits per heavy atom. The van der Waals surface area contributed by atoms with Crippen LogP contribution in [0, 0.1) is 0 Å². The summed E-state index contributed by atoms with van der Waals surface area (Å²) in [6.07, 6.45) is 1.50. The van der Waals surface area contributed by atoms with Crippen molar-refractivity contribution in [1.82, 2.24) is 14.8 Å². The number of benzene rings is 1. The van der Waals surface area contributed by atoms with Crippen molar-refractivity contribution >= 4 is 29.7 Å². The first-order valence-corrected chi connectivity index (χ1v) is 11.6. The van der Waals surface area contributed by atoms with Crippen LogP contribution in [-0.2, 0) is 16.1 Å². The zero-order valence-corrected chi connectivity index (χ0v) is 20.0. The molecule has 3 heterocycles. The lowest BCUT2D eigenvalue weighted by Crippen LogP contribution is -2.35. The summed E-state index contributed by atoms with van der Waals surface area (Å²) in [4.78, 5) is 14.1. The van der Waals surface area contributed by atoms with Crippen LogP contribution in [0.4, 0.5) is 5.88 Å². The van der Waals surface area contributed by atoms with Gasteiger partial charge in [0.15, 0.2) is 16.9 Å². The van der Waals surface area contributed by atoms with E-state index < -0.39 is 5.97 Å². The number of carbonyl (C=O) groups is 1. The van der Waals surface area contributed by atoms with Gasteiger partial charge in [-0.05, 0) is 36.9 Å². The van der Waals surface area contributed by atoms with Crippen LogP contribution in [0.5, 0.6) is 11.5 Å². The van der Waals surface area contributed by atoms with Gasteiger partial charge in [0.1, 0.15) is 22.2 Å². The second-order valence-corrected chi connectivity index (χ2v) is 8.35. The van der Waals surface area contributed by atoms with Crippen molar-refractivity contribution in [1.29, 1.82) is 0 Å². The van der Waals surface area contributed by atoms with E-state index in [1.54, 1.807) is 26.4 Å². The molecule has 34 heavy (non-hydrogen) atoms. The highest BCUT2D eigenvalue weighted by atomic mass is 32.2. The molecule has 0 saturated carbocycles. The molecule has 1 fully saturated rings. The fourth-order valence-corrected chi connectivity index (χ4v) is 4.40. The Morgan fingerprint density at radius 3 is 2.47 bits per heavy atom. The Kier molecular flexibility index (Phi) is 7.43. The molecule has 0 radical (unpaired) electrons. The minimum atomic E-state index is -1.08. The topological polar surface area (TPSA) is 112 Å². The minimum absolute atomic E-state index is 0.0692. The standard InChI is InChI=1S/C23H26N4O6S/c1-4-27-21(15-11-17(30-2)13-18(12-15)31-3)24-25-23(27)34-19(22(28)29)14-16-5-6-20(33-16)26-7-9-32-10-8-26/h5-6,11-14H,4,7-10H2,1-3H3,(H,28,29)/b19-14-. The Morgan fingerprint density at radius 1 is 1.15 bits per heavy atom.